The Morgan fingerprint density at radius 1 is 1.05 bits per heavy atom. The molecular formula is C33H35N3O4. The number of rotatable bonds is 4. The van der Waals surface area contributed by atoms with Gasteiger partial charge in [-0.2, -0.15) is 0 Å². The normalized spacial score (nSPS) is 19.8. The van der Waals surface area contributed by atoms with E-state index >= 15 is 0 Å². The predicted molar refractivity (Wildman–Crippen MR) is 155 cm³/mol. The number of carbonyl (C=O) groups excluding carboxylic acids is 2. The van der Waals surface area contributed by atoms with E-state index in [1.165, 1.54) is 23.8 Å². The SMILES string of the molecule is COC(=O)N1CC[C@@H](NC(=O)[C@@H]2Cc3c(C)cc(O)cc3CC=N2)c2cc(CC3Cc4ccccc4C3)ccc21. The molecule has 0 unspecified atom stereocenters. The lowest BCUT2D eigenvalue weighted by Gasteiger charge is -2.34. The molecule has 3 aliphatic rings. The number of nitrogens with one attached hydrogen (secondary N) is 1. The standard InChI is InChI=1S/C33H35N3O4/c1-20-13-26(37)18-25-9-11-34-30(19-27(20)25)32(38)35-29-10-12-36(33(39)40-2)31-8-7-21(17-28(29)31)14-22-15-23-5-3-4-6-24(23)16-22/h3-8,11,13,17-18,22,29-30,37H,9-10,12,14-16,19H2,1-2H3,(H,35,38)/t29-,30+/m1/s1. The van der Waals surface area contributed by atoms with Crippen molar-refractivity contribution in [3.8, 4) is 5.75 Å². The maximum absolute atomic E-state index is 13.6. The molecule has 2 amide bonds. The highest BCUT2D eigenvalue weighted by atomic mass is 16.5. The van der Waals surface area contributed by atoms with Gasteiger partial charge in [-0.1, -0.05) is 36.4 Å². The van der Waals surface area contributed by atoms with Gasteiger partial charge in [-0.15, -0.1) is 0 Å². The Bertz CT molecular complexity index is 1470. The van der Waals surface area contributed by atoms with Crippen LogP contribution in [0.2, 0.25) is 0 Å². The molecular weight excluding hydrogens is 502 g/mol. The molecule has 2 N–H and O–H groups in total. The van der Waals surface area contributed by atoms with E-state index in [4.69, 9.17) is 4.74 Å². The second kappa shape index (κ2) is 10.8. The lowest BCUT2D eigenvalue weighted by atomic mass is 9.90. The van der Waals surface area contributed by atoms with Crippen molar-refractivity contribution in [1.82, 2.24) is 5.32 Å². The third-order valence-corrected chi connectivity index (χ3v) is 8.62. The van der Waals surface area contributed by atoms with Crippen LogP contribution in [0.25, 0.3) is 0 Å². The first-order chi connectivity index (χ1) is 19.4. The Balaban J connectivity index is 1.24. The molecule has 7 heteroatoms. The van der Waals surface area contributed by atoms with Crippen LogP contribution in [-0.2, 0) is 41.6 Å². The molecule has 0 spiro atoms. The van der Waals surface area contributed by atoms with Crippen LogP contribution in [0, 0.1) is 12.8 Å². The highest BCUT2D eigenvalue weighted by molar-refractivity contribution is 5.90. The summed E-state index contributed by atoms with van der Waals surface area (Å²) in [7, 11) is 1.39. The van der Waals surface area contributed by atoms with Crippen LogP contribution < -0.4 is 10.2 Å². The van der Waals surface area contributed by atoms with Crippen molar-refractivity contribution in [3.05, 3.63) is 93.5 Å². The van der Waals surface area contributed by atoms with Crippen molar-refractivity contribution in [2.75, 3.05) is 18.6 Å². The van der Waals surface area contributed by atoms with Gasteiger partial charge < -0.3 is 15.2 Å². The van der Waals surface area contributed by atoms with Crippen LogP contribution in [0.4, 0.5) is 10.5 Å². The molecule has 0 saturated heterocycles. The van der Waals surface area contributed by atoms with E-state index < -0.39 is 12.1 Å². The maximum atomic E-state index is 13.6. The second-order valence-electron chi connectivity index (χ2n) is 11.3. The first kappa shape index (κ1) is 26.1. The molecule has 0 radical (unpaired) electrons. The van der Waals surface area contributed by atoms with Crippen LogP contribution in [0.1, 0.15) is 51.4 Å². The van der Waals surface area contributed by atoms with Gasteiger partial charge in [-0.3, -0.25) is 14.7 Å². The maximum Gasteiger partial charge on any atom is 0.414 e. The first-order valence-electron chi connectivity index (χ1n) is 14.1. The van der Waals surface area contributed by atoms with Gasteiger partial charge in [-0.05, 0) is 95.7 Å². The molecule has 0 saturated carbocycles. The highest BCUT2D eigenvalue weighted by Gasteiger charge is 2.33. The van der Waals surface area contributed by atoms with Crippen molar-refractivity contribution in [2.24, 2.45) is 10.9 Å². The van der Waals surface area contributed by atoms with E-state index in [-0.39, 0.29) is 17.7 Å². The molecule has 7 nitrogen and oxygen atoms in total. The van der Waals surface area contributed by atoms with Gasteiger partial charge in [0, 0.05) is 25.6 Å². The number of nitrogens with zero attached hydrogens (tertiary/aromatic N) is 2. The average Bonchev–Trinajstić information content (AvgIpc) is 3.22. The Hall–Kier alpha value is -4.13. The summed E-state index contributed by atoms with van der Waals surface area (Å²) in [6.07, 6.45) is 6.13. The topological polar surface area (TPSA) is 91.2 Å². The Labute approximate surface area is 234 Å². The summed E-state index contributed by atoms with van der Waals surface area (Å²) < 4.78 is 5.06. The van der Waals surface area contributed by atoms with Crippen LogP contribution in [0.15, 0.2) is 59.6 Å². The largest absolute Gasteiger partial charge is 0.508 e. The van der Waals surface area contributed by atoms with E-state index in [9.17, 15) is 14.7 Å². The second-order valence-corrected chi connectivity index (χ2v) is 11.3. The van der Waals surface area contributed by atoms with E-state index in [0.717, 1.165) is 47.2 Å². The monoisotopic (exact) mass is 537 g/mol. The summed E-state index contributed by atoms with van der Waals surface area (Å²) in [5.74, 6) is 0.640. The minimum absolute atomic E-state index is 0.129. The van der Waals surface area contributed by atoms with Gasteiger partial charge in [0.25, 0.3) is 0 Å². The lowest BCUT2D eigenvalue weighted by molar-refractivity contribution is -0.123. The van der Waals surface area contributed by atoms with Gasteiger partial charge in [0.15, 0.2) is 0 Å². The fraction of sp³-hybridized carbons (Fsp3) is 0.364. The van der Waals surface area contributed by atoms with Crippen molar-refractivity contribution >= 4 is 23.9 Å². The number of phenols is 1. The van der Waals surface area contributed by atoms with E-state index in [1.54, 1.807) is 23.2 Å². The smallest absolute Gasteiger partial charge is 0.414 e. The number of aryl methyl sites for hydroxylation is 1. The Morgan fingerprint density at radius 2 is 1.82 bits per heavy atom. The number of ether oxygens (including phenoxy) is 1. The van der Waals surface area contributed by atoms with Gasteiger partial charge >= 0.3 is 6.09 Å². The van der Waals surface area contributed by atoms with Gasteiger partial charge in [0.1, 0.15) is 11.8 Å². The number of methoxy groups -OCH3 is 1. The predicted octanol–water partition coefficient (Wildman–Crippen LogP) is 5.03. The summed E-state index contributed by atoms with van der Waals surface area (Å²) in [6, 6.07) is 17.6. The average molecular weight is 538 g/mol. The third kappa shape index (κ3) is 5.08. The fourth-order valence-corrected chi connectivity index (χ4v) is 6.66. The molecule has 2 heterocycles. The van der Waals surface area contributed by atoms with Gasteiger partial charge in [0.2, 0.25) is 5.91 Å². The van der Waals surface area contributed by atoms with Gasteiger partial charge in [-0.25, -0.2) is 4.79 Å². The minimum atomic E-state index is -0.549. The van der Waals surface area contributed by atoms with Crippen molar-refractivity contribution in [2.45, 2.75) is 57.5 Å². The number of amides is 2. The number of aliphatic imine (C=N–C) groups is 1. The van der Waals surface area contributed by atoms with Crippen molar-refractivity contribution < 1.29 is 19.4 Å². The van der Waals surface area contributed by atoms with Crippen LogP contribution >= 0.6 is 0 Å². The number of hydrogen-bond acceptors (Lipinski definition) is 5. The molecule has 1 aliphatic carbocycles. The molecule has 40 heavy (non-hydrogen) atoms. The number of benzene rings is 3. The first-order valence-corrected chi connectivity index (χ1v) is 14.1. The van der Waals surface area contributed by atoms with Crippen LogP contribution in [0.3, 0.4) is 0 Å². The summed E-state index contributed by atoms with van der Waals surface area (Å²) in [5, 5.41) is 13.3. The molecule has 3 aromatic carbocycles. The number of anilines is 1. The number of hydrogen-bond donors (Lipinski definition) is 2. The number of aromatic hydroxyl groups is 1. The molecule has 206 valence electrons. The van der Waals surface area contributed by atoms with E-state index in [0.29, 0.717) is 31.7 Å². The Kier molecular flexibility index (Phi) is 7.05. The van der Waals surface area contributed by atoms with Crippen molar-refractivity contribution in [1.29, 1.82) is 0 Å². The van der Waals surface area contributed by atoms with E-state index in [1.807, 2.05) is 13.0 Å². The fourth-order valence-electron chi connectivity index (χ4n) is 6.66. The zero-order chi connectivity index (χ0) is 27.8. The molecule has 2 atom stereocenters. The van der Waals surface area contributed by atoms with E-state index in [2.05, 4.69) is 46.7 Å². The zero-order valence-electron chi connectivity index (χ0n) is 23.0. The summed E-state index contributed by atoms with van der Waals surface area (Å²) in [6.45, 7) is 2.42. The zero-order valence-corrected chi connectivity index (χ0v) is 23.0. The summed E-state index contributed by atoms with van der Waals surface area (Å²) in [4.78, 5) is 32.4. The lowest BCUT2D eigenvalue weighted by Crippen LogP contribution is -2.43. The minimum Gasteiger partial charge on any atom is -0.508 e. The number of carbonyl (C=O) groups is 2. The molecule has 3 aromatic rings. The molecule has 6 rings (SSSR count). The molecule has 0 aromatic heterocycles. The number of fused-ring (bicyclic) bond motifs is 3. The van der Waals surface area contributed by atoms with Crippen LogP contribution in [0.5, 0.6) is 5.75 Å². The van der Waals surface area contributed by atoms with Crippen LogP contribution in [-0.4, -0.2) is 43.0 Å². The number of phenolic OH excluding ortho intramolecular Hbond substituents is 1. The summed E-state index contributed by atoms with van der Waals surface area (Å²) in [5.41, 5.74) is 8.84. The molecule has 0 fully saturated rings. The molecule has 2 aliphatic heterocycles. The van der Waals surface area contributed by atoms with Gasteiger partial charge in [0.05, 0.1) is 18.8 Å². The Morgan fingerprint density at radius 3 is 2.58 bits per heavy atom. The summed E-state index contributed by atoms with van der Waals surface area (Å²) >= 11 is 0. The highest BCUT2D eigenvalue weighted by Crippen LogP contribution is 2.37. The molecule has 0 bridgehead atoms. The van der Waals surface area contributed by atoms with Crippen molar-refractivity contribution in [3.63, 3.8) is 0 Å². The quantitative estimate of drug-likeness (QED) is 0.488. The third-order valence-electron chi connectivity index (χ3n) is 8.62.